The van der Waals surface area contributed by atoms with E-state index in [1.165, 1.54) is 11.1 Å². The molecule has 0 aliphatic heterocycles. The van der Waals surface area contributed by atoms with Gasteiger partial charge in [-0.1, -0.05) is 48.6 Å². The van der Waals surface area contributed by atoms with E-state index in [2.05, 4.69) is 31.2 Å². The second-order valence-corrected chi connectivity index (χ2v) is 4.27. The molecular weight excluding hydrogens is 218 g/mol. The Balaban J connectivity index is 2.82. The zero-order valence-electron chi connectivity index (χ0n) is 11.4. The fourth-order valence-corrected chi connectivity index (χ4v) is 1.61. The van der Waals surface area contributed by atoms with Crippen molar-refractivity contribution in [3.63, 3.8) is 0 Å². The lowest BCUT2D eigenvalue weighted by Crippen LogP contribution is -1.92. The first-order chi connectivity index (χ1) is 8.63. The third-order valence-electron chi connectivity index (χ3n) is 2.58. The minimum atomic E-state index is 0.775. The van der Waals surface area contributed by atoms with Crippen molar-refractivity contribution in [1.29, 1.82) is 0 Å². The third-order valence-corrected chi connectivity index (χ3v) is 2.58. The summed E-state index contributed by atoms with van der Waals surface area (Å²) >= 11 is 0. The fraction of sp³-hybridized carbons (Fsp3) is 0.176. The van der Waals surface area contributed by atoms with Gasteiger partial charge in [0, 0.05) is 5.70 Å². The quantitative estimate of drug-likeness (QED) is 0.771. The summed E-state index contributed by atoms with van der Waals surface area (Å²) in [6, 6.07) is 10.3. The van der Waals surface area contributed by atoms with E-state index in [9.17, 15) is 0 Å². The van der Waals surface area contributed by atoms with Gasteiger partial charge in [-0.05, 0) is 49.6 Å². The van der Waals surface area contributed by atoms with Crippen LogP contribution in [0.1, 0.15) is 26.3 Å². The molecule has 1 aromatic carbocycles. The molecule has 1 aromatic rings. The molecule has 0 radical (unpaired) electrons. The predicted octanol–water partition coefficient (Wildman–Crippen LogP) is 4.45. The molecule has 0 aliphatic rings. The summed E-state index contributed by atoms with van der Waals surface area (Å²) in [5.74, 6) is 0. The van der Waals surface area contributed by atoms with Gasteiger partial charge in [0.05, 0.1) is 0 Å². The first kappa shape index (κ1) is 14.0. The van der Waals surface area contributed by atoms with Crippen molar-refractivity contribution in [3.8, 4) is 0 Å². The van der Waals surface area contributed by atoms with E-state index < -0.39 is 0 Å². The standard InChI is InChI=1S/C17H21N/c1-4-8-17(18)13-14(2)11-12-15(3)16-9-6-5-7-10-16/h4-13H,18H2,1-3H3/b8-4-,14-11+,15-12+,17-13+. The monoisotopic (exact) mass is 239 g/mol. The summed E-state index contributed by atoms with van der Waals surface area (Å²) in [6.07, 6.45) is 9.99. The number of hydrogen-bond acceptors (Lipinski definition) is 1. The summed E-state index contributed by atoms with van der Waals surface area (Å²) < 4.78 is 0. The molecule has 0 heterocycles. The van der Waals surface area contributed by atoms with E-state index in [0.717, 1.165) is 11.3 Å². The molecule has 0 atom stereocenters. The lowest BCUT2D eigenvalue weighted by Gasteiger charge is -1.99. The first-order valence-electron chi connectivity index (χ1n) is 6.14. The number of allylic oxidation sites excluding steroid dienone is 7. The third kappa shape index (κ3) is 4.88. The highest BCUT2D eigenvalue weighted by Crippen LogP contribution is 2.13. The molecule has 0 saturated carbocycles. The second-order valence-electron chi connectivity index (χ2n) is 4.27. The molecule has 94 valence electrons. The number of hydrogen-bond donors (Lipinski definition) is 1. The van der Waals surface area contributed by atoms with Crippen molar-refractivity contribution in [2.45, 2.75) is 20.8 Å². The van der Waals surface area contributed by atoms with E-state index in [1.54, 1.807) is 0 Å². The Hall–Kier alpha value is -2.02. The average Bonchev–Trinajstić information content (AvgIpc) is 2.37. The van der Waals surface area contributed by atoms with Crippen LogP contribution in [-0.2, 0) is 0 Å². The van der Waals surface area contributed by atoms with Crippen LogP contribution in [0.3, 0.4) is 0 Å². The van der Waals surface area contributed by atoms with Crippen molar-refractivity contribution >= 4 is 5.57 Å². The summed E-state index contributed by atoms with van der Waals surface area (Å²) in [5.41, 5.74) is 10.2. The maximum Gasteiger partial charge on any atom is 0.0313 e. The van der Waals surface area contributed by atoms with E-state index in [1.807, 2.05) is 50.3 Å². The minimum Gasteiger partial charge on any atom is -0.399 e. The van der Waals surface area contributed by atoms with Crippen molar-refractivity contribution in [1.82, 2.24) is 0 Å². The second kappa shape index (κ2) is 7.33. The van der Waals surface area contributed by atoms with Gasteiger partial charge >= 0.3 is 0 Å². The maximum absolute atomic E-state index is 5.82. The van der Waals surface area contributed by atoms with E-state index in [4.69, 9.17) is 5.73 Å². The smallest absolute Gasteiger partial charge is 0.0313 e. The Labute approximate surface area is 110 Å². The Morgan fingerprint density at radius 1 is 1.06 bits per heavy atom. The minimum absolute atomic E-state index is 0.775. The molecule has 0 aliphatic carbocycles. The first-order valence-corrected chi connectivity index (χ1v) is 6.14. The number of benzene rings is 1. The Morgan fingerprint density at radius 3 is 2.33 bits per heavy atom. The van der Waals surface area contributed by atoms with Crippen LogP contribution in [0, 0.1) is 0 Å². The molecule has 2 N–H and O–H groups in total. The summed E-state index contributed by atoms with van der Waals surface area (Å²) in [6.45, 7) is 6.11. The van der Waals surface area contributed by atoms with Gasteiger partial charge in [0.25, 0.3) is 0 Å². The molecule has 1 nitrogen and oxygen atoms in total. The highest BCUT2D eigenvalue weighted by molar-refractivity contribution is 5.65. The van der Waals surface area contributed by atoms with Crippen LogP contribution < -0.4 is 5.73 Å². The highest BCUT2D eigenvalue weighted by atomic mass is 14.5. The Kier molecular flexibility index (Phi) is 5.72. The Bertz CT molecular complexity index is 488. The van der Waals surface area contributed by atoms with Gasteiger partial charge in [-0.2, -0.15) is 0 Å². The van der Waals surface area contributed by atoms with Gasteiger partial charge in [-0.15, -0.1) is 0 Å². The lowest BCUT2D eigenvalue weighted by molar-refractivity contribution is 1.37. The Morgan fingerprint density at radius 2 is 1.72 bits per heavy atom. The van der Waals surface area contributed by atoms with E-state index in [0.29, 0.717) is 0 Å². The normalized spacial score (nSPS) is 14.3. The highest BCUT2D eigenvalue weighted by Gasteiger charge is 1.91. The topological polar surface area (TPSA) is 26.0 Å². The van der Waals surface area contributed by atoms with Gasteiger partial charge in [0.2, 0.25) is 0 Å². The van der Waals surface area contributed by atoms with Gasteiger partial charge in [0.1, 0.15) is 0 Å². The molecule has 0 saturated heterocycles. The fourth-order valence-electron chi connectivity index (χ4n) is 1.61. The van der Waals surface area contributed by atoms with Gasteiger partial charge in [-0.3, -0.25) is 0 Å². The predicted molar refractivity (Wildman–Crippen MR) is 80.9 cm³/mol. The van der Waals surface area contributed by atoms with Crippen LogP contribution in [0.4, 0.5) is 0 Å². The van der Waals surface area contributed by atoms with Gasteiger partial charge in [0.15, 0.2) is 0 Å². The number of rotatable bonds is 4. The molecule has 0 unspecified atom stereocenters. The molecule has 1 rings (SSSR count). The van der Waals surface area contributed by atoms with Crippen LogP contribution in [0.5, 0.6) is 0 Å². The molecule has 0 fully saturated rings. The summed E-state index contributed by atoms with van der Waals surface area (Å²) in [5, 5.41) is 0. The summed E-state index contributed by atoms with van der Waals surface area (Å²) in [7, 11) is 0. The average molecular weight is 239 g/mol. The van der Waals surface area contributed by atoms with Crippen LogP contribution >= 0.6 is 0 Å². The van der Waals surface area contributed by atoms with E-state index in [-0.39, 0.29) is 0 Å². The van der Waals surface area contributed by atoms with Crippen molar-refractivity contribution in [3.05, 3.63) is 77.5 Å². The molecule has 0 bridgehead atoms. The van der Waals surface area contributed by atoms with Gasteiger partial charge in [-0.25, -0.2) is 0 Å². The van der Waals surface area contributed by atoms with Crippen LogP contribution in [-0.4, -0.2) is 0 Å². The van der Waals surface area contributed by atoms with Crippen molar-refractivity contribution < 1.29 is 0 Å². The molecule has 0 aromatic heterocycles. The summed E-state index contributed by atoms with van der Waals surface area (Å²) in [4.78, 5) is 0. The molecule has 18 heavy (non-hydrogen) atoms. The van der Waals surface area contributed by atoms with Crippen LogP contribution in [0.25, 0.3) is 5.57 Å². The SMILES string of the molecule is C\C=C/C(N)=C\C(C)=C\C=C(/C)c1ccccc1. The molecule has 0 amide bonds. The molecule has 1 heteroatoms. The number of nitrogens with two attached hydrogens (primary N) is 1. The molecule has 0 spiro atoms. The molecular formula is C17H21N. The van der Waals surface area contributed by atoms with Crippen LogP contribution in [0.15, 0.2) is 72.0 Å². The lowest BCUT2D eigenvalue weighted by atomic mass is 10.1. The van der Waals surface area contributed by atoms with Crippen molar-refractivity contribution in [2.75, 3.05) is 0 Å². The maximum atomic E-state index is 5.82. The zero-order chi connectivity index (χ0) is 13.4. The van der Waals surface area contributed by atoms with Crippen molar-refractivity contribution in [2.24, 2.45) is 5.73 Å². The zero-order valence-corrected chi connectivity index (χ0v) is 11.4. The van der Waals surface area contributed by atoms with E-state index >= 15 is 0 Å². The largest absolute Gasteiger partial charge is 0.399 e. The van der Waals surface area contributed by atoms with Gasteiger partial charge < -0.3 is 5.73 Å². The van der Waals surface area contributed by atoms with Crippen LogP contribution in [0.2, 0.25) is 0 Å².